The molecule has 1 atom stereocenters. The van der Waals surface area contributed by atoms with Crippen LogP contribution in [0.3, 0.4) is 0 Å². The Hall–Kier alpha value is -2.93. The van der Waals surface area contributed by atoms with E-state index in [4.69, 9.17) is 9.94 Å². The largest absolute Gasteiger partial charge is 0.457 e. The van der Waals surface area contributed by atoms with Gasteiger partial charge in [0.1, 0.15) is 23.4 Å². The molecule has 0 saturated heterocycles. The Bertz CT molecular complexity index is 1140. The van der Waals surface area contributed by atoms with Crippen LogP contribution in [0, 0.1) is 0 Å². The SMILES string of the molecule is CN(C(CSCc1nccn1C)C(=O)NO)S(=O)(=O)c1ccc(Oc2ccncc2)cc1. The van der Waals surface area contributed by atoms with Crippen molar-refractivity contribution in [2.24, 2.45) is 7.05 Å². The molecule has 0 aliphatic rings. The van der Waals surface area contributed by atoms with Crippen molar-refractivity contribution < 1.29 is 23.2 Å². The average Bonchev–Trinajstić information content (AvgIpc) is 3.21. The molecule has 3 aromatic rings. The van der Waals surface area contributed by atoms with E-state index in [1.54, 1.807) is 42.4 Å². The number of rotatable bonds is 10. The summed E-state index contributed by atoms with van der Waals surface area (Å²) in [5.74, 6) is 1.59. The van der Waals surface area contributed by atoms with Gasteiger partial charge in [0.2, 0.25) is 10.0 Å². The summed E-state index contributed by atoms with van der Waals surface area (Å²) in [5.41, 5.74) is 1.56. The molecule has 0 fully saturated rings. The summed E-state index contributed by atoms with van der Waals surface area (Å²) in [6, 6.07) is 8.09. The van der Waals surface area contributed by atoms with Gasteiger partial charge in [-0.05, 0) is 36.4 Å². The van der Waals surface area contributed by atoms with Gasteiger partial charge in [-0.3, -0.25) is 15.0 Å². The molecule has 12 heteroatoms. The van der Waals surface area contributed by atoms with E-state index in [0.717, 1.165) is 10.1 Å². The van der Waals surface area contributed by atoms with Crippen LogP contribution in [0.2, 0.25) is 0 Å². The number of aromatic nitrogens is 3. The number of thioether (sulfide) groups is 1. The zero-order valence-electron chi connectivity index (χ0n) is 17.5. The summed E-state index contributed by atoms with van der Waals surface area (Å²) < 4.78 is 34.6. The number of nitrogens with zero attached hydrogens (tertiary/aromatic N) is 4. The molecular formula is C20H23N5O5S2. The lowest BCUT2D eigenvalue weighted by Crippen LogP contribution is -2.48. The molecule has 2 N–H and O–H groups in total. The van der Waals surface area contributed by atoms with Crippen molar-refractivity contribution in [3.8, 4) is 11.5 Å². The number of aryl methyl sites for hydroxylation is 1. The lowest BCUT2D eigenvalue weighted by Gasteiger charge is -2.25. The maximum atomic E-state index is 13.1. The second-order valence-corrected chi connectivity index (χ2v) is 9.77. The number of hydroxylamine groups is 1. The van der Waals surface area contributed by atoms with Crippen LogP contribution >= 0.6 is 11.8 Å². The van der Waals surface area contributed by atoms with Gasteiger partial charge in [0.25, 0.3) is 5.91 Å². The Morgan fingerprint density at radius 2 is 1.84 bits per heavy atom. The summed E-state index contributed by atoms with van der Waals surface area (Å²) in [6.07, 6.45) is 6.63. The molecule has 10 nitrogen and oxygen atoms in total. The molecule has 2 aromatic heterocycles. The number of hydrogen-bond acceptors (Lipinski definition) is 8. The number of hydrogen-bond donors (Lipinski definition) is 2. The lowest BCUT2D eigenvalue weighted by molar-refractivity contribution is -0.132. The summed E-state index contributed by atoms with van der Waals surface area (Å²) in [5, 5.41) is 9.13. The monoisotopic (exact) mass is 477 g/mol. The first kappa shape index (κ1) is 23.7. The minimum atomic E-state index is -4.01. The smallest absolute Gasteiger partial charge is 0.262 e. The predicted molar refractivity (Wildman–Crippen MR) is 119 cm³/mol. The molecule has 1 amide bonds. The van der Waals surface area contributed by atoms with Crippen molar-refractivity contribution in [1.82, 2.24) is 24.3 Å². The van der Waals surface area contributed by atoms with Crippen LogP contribution in [0.4, 0.5) is 0 Å². The number of pyridine rings is 1. The van der Waals surface area contributed by atoms with Gasteiger partial charge in [-0.25, -0.2) is 18.9 Å². The number of amides is 1. The van der Waals surface area contributed by atoms with Crippen LogP contribution in [0.5, 0.6) is 11.5 Å². The molecule has 32 heavy (non-hydrogen) atoms. The Morgan fingerprint density at radius 3 is 2.44 bits per heavy atom. The highest BCUT2D eigenvalue weighted by molar-refractivity contribution is 7.98. The van der Waals surface area contributed by atoms with Crippen molar-refractivity contribution in [3.05, 3.63) is 67.0 Å². The molecule has 0 bridgehead atoms. The van der Waals surface area contributed by atoms with E-state index in [1.807, 2.05) is 11.6 Å². The number of carbonyl (C=O) groups is 1. The van der Waals surface area contributed by atoms with Crippen molar-refractivity contribution in [2.45, 2.75) is 16.7 Å². The third-order valence-corrected chi connectivity index (χ3v) is 7.56. The van der Waals surface area contributed by atoms with Crippen molar-refractivity contribution in [3.63, 3.8) is 0 Å². The van der Waals surface area contributed by atoms with Gasteiger partial charge in [-0.15, -0.1) is 0 Å². The lowest BCUT2D eigenvalue weighted by atomic mass is 10.3. The fourth-order valence-electron chi connectivity index (χ4n) is 2.77. The summed E-state index contributed by atoms with van der Waals surface area (Å²) in [4.78, 5) is 20.3. The van der Waals surface area contributed by atoms with Gasteiger partial charge in [0, 0.05) is 44.6 Å². The van der Waals surface area contributed by atoms with Gasteiger partial charge in [-0.2, -0.15) is 16.1 Å². The van der Waals surface area contributed by atoms with Gasteiger partial charge < -0.3 is 9.30 Å². The maximum absolute atomic E-state index is 13.1. The molecule has 2 heterocycles. The standard InChI is InChI=1S/C20H23N5O5S2/c1-24-12-11-22-19(24)14-31-13-18(20(26)23-27)25(2)32(28,29)17-5-3-15(4-6-17)30-16-7-9-21-10-8-16/h3-12,18,27H,13-14H2,1-2H3,(H,23,26). The van der Waals surface area contributed by atoms with Crippen LogP contribution in [0.1, 0.15) is 5.82 Å². The Morgan fingerprint density at radius 1 is 1.19 bits per heavy atom. The molecule has 0 radical (unpaired) electrons. The maximum Gasteiger partial charge on any atom is 0.262 e. The number of benzene rings is 1. The quantitative estimate of drug-likeness (QED) is 0.336. The third-order valence-electron chi connectivity index (χ3n) is 4.67. The van der Waals surface area contributed by atoms with Crippen LogP contribution < -0.4 is 10.2 Å². The van der Waals surface area contributed by atoms with Gasteiger partial charge in [0.05, 0.1) is 10.6 Å². The number of sulfonamides is 1. The first-order valence-corrected chi connectivity index (χ1v) is 12.1. The second kappa shape index (κ2) is 10.6. The number of ether oxygens (including phenoxy) is 1. The Kier molecular flexibility index (Phi) is 7.85. The predicted octanol–water partition coefficient (Wildman–Crippen LogP) is 2.04. The van der Waals surface area contributed by atoms with Crippen LogP contribution in [0.25, 0.3) is 0 Å². The van der Waals surface area contributed by atoms with Crippen LogP contribution in [-0.4, -0.2) is 57.2 Å². The molecule has 1 unspecified atom stereocenters. The average molecular weight is 478 g/mol. The number of carbonyl (C=O) groups excluding carboxylic acids is 1. The molecule has 0 aliphatic heterocycles. The Balaban J connectivity index is 1.71. The second-order valence-electron chi connectivity index (χ2n) is 6.74. The minimum absolute atomic E-state index is 0.00748. The fraction of sp³-hybridized carbons (Fsp3) is 0.250. The first-order valence-electron chi connectivity index (χ1n) is 9.47. The number of likely N-dealkylation sites (N-methyl/N-ethyl adjacent to an activating group) is 1. The zero-order valence-corrected chi connectivity index (χ0v) is 19.1. The minimum Gasteiger partial charge on any atom is -0.457 e. The third kappa shape index (κ3) is 5.65. The summed E-state index contributed by atoms with van der Waals surface area (Å²) >= 11 is 1.33. The van der Waals surface area contributed by atoms with Gasteiger partial charge in [0.15, 0.2) is 0 Å². The van der Waals surface area contributed by atoms with Gasteiger partial charge in [-0.1, -0.05) is 0 Å². The molecule has 1 aromatic carbocycles. The number of imidazole rings is 1. The molecule has 0 spiro atoms. The summed E-state index contributed by atoms with van der Waals surface area (Å²) in [7, 11) is -0.863. The van der Waals surface area contributed by atoms with E-state index in [1.165, 1.54) is 43.1 Å². The Labute approximate surface area is 190 Å². The molecule has 0 saturated carbocycles. The highest BCUT2D eigenvalue weighted by atomic mass is 32.2. The normalized spacial score (nSPS) is 12.5. The number of nitrogens with one attached hydrogen (secondary N) is 1. The zero-order chi connectivity index (χ0) is 23.1. The van der Waals surface area contributed by atoms with Gasteiger partial charge >= 0.3 is 0 Å². The van der Waals surface area contributed by atoms with Crippen LogP contribution in [0.15, 0.2) is 66.1 Å². The van der Waals surface area contributed by atoms with E-state index in [2.05, 4.69) is 9.97 Å². The van der Waals surface area contributed by atoms with Crippen molar-refractivity contribution in [1.29, 1.82) is 0 Å². The first-order chi connectivity index (χ1) is 15.3. The van der Waals surface area contributed by atoms with Crippen molar-refractivity contribution >= 4 is 27.7 Å². The van der Waals surface area contributed by atoms with E-state index >= 15 is 0 Å². The van der Waals surface area contributed by atoms with Crippen LogP contribution in [-0.2, 0) is 27.6 Å². The van der Waals surface area contributed by atoms with E-state index < -0.39 is 22.0 Å². The van der Waals surface area contributed by atoms with E-state index in [-0.39, 0.29) is 10.6 Å². The van der Waals surface area contributed by atoms with E-state index in [0.29, 0.717) is 17.3 Å². The van der Waals surface area contributed by atoms with E-state index in [9.17, 15) is 13.2 Å². The molecule has 0 aliphatic carbocycles. The van der Waals surface area contributed by atoms with Crippen molar-refractivity contribution in [2.75, 3.05) is 12.8 Å². The topological polar surface area (TPSA) is 127 Å². The highest BCUT2D eigenvalue weighted by Crippen LogP contribution is 2.25. The fourth-order valence-corrected chi connectivity index (χ4v) is 5.36. The summed E-state index contributed by atoms with van der Waals surface area (Å²) in [6.45, 7) is 0. The highest BCUT2D eigenvalue weighted by Gasteiger charge is 2.33. The molecule has 170 valence electrons. The molecular weight excluding hydrogens is 454 g/mol. The molecule has 3 rings (SSSR count).